The van der Waals surface area contributed by atoms with Crippen molar-refractivity contribution in [3.63, 3.8) is 0 Å². The Morgan fingerprint density at radius 1 is 1.08 bits per heavy atom. The number of amides is 3. The first-order valence-corrected chi connectivity index (χ1v) is 7.56. The summed E-state index contributed by atoms with van der Waals surface area (Å²) in [6.45, 7) is 2.21. The fourth-order valence-electron chi connectivity index (χ4n) is 2.71. The van der Waals surface area contributed by atoms with Crippen molar-refractivity contribution in [2.75, 3.05) is 22.1 Å². The van der Waals surface area contributed by atoms with Crippen molar-refractivity contribution in [2.24, 2.45) is 0 Å². The van der Waals surface area contributed by atoms with Gasteiger partial charge in [0.2, 0.25) is 5.91 Å². The smallest absolute Gasteiger partial charge is 0.312 e. The predicted octanol–water partition coefficient (Wildman–Crippen LogP) is 3.11. The predicted molar refractivity (Wildman–Crippen MR) is 92.0 cm³/mol. The molecule has 0 aromatic heterocycles. The number of rotatable bonds is 2. The van der Waals surface area contributed by atoms with E-state index in [1.54, 1.807) is 29.2 Å². The molecule has 0 bridgehead atoms. The summed E-state index contributed by atoms with van der Waals surface area (Å²) in [7, 11) is 0. The molecule has 1 aliphatic heterocycles. The van der Waals surface area contributed by atoms with Crippen LogP contribution in [0.4, 0.5) is 21.9 Å². The van der Waals surface area contributed by atoms with Gasteiger partial charge in [-0.25, -0.2) is 4.79 Å². The molecule has 0 unspecified atom stereocenters. The van der Waals surface area contributed by atoms with Gasteiger partial charge in [0.05, 0.1) is 11.6 Å². The minimum atomic E-state index is -0.382. The molecule has 0 aliphatic carbocycles. The number of urea groups is 1. The largest absolute Gasteiger partial charge is 0.323 e. The zero-order chi connectivity index (χ0) is 17.1. The molecule has 2 aromatic rings. The van der Waals surface area contributed by atoms with Crippen LogP contribution in [0.2, 0.25) is 0 Å². The minimum Gasteiger partial charge on any atom is -0.312 e. The van der Waals surface area contributed by atoms with Crippen LogP contribution >= 0.6 is 0 Å². The molecule has 3 amide bonds. The van der Waals surface area contributed by atoms with E-state index in [9.17, 15) is 9.59 Å². The molecule has 0 saturated heterocycles. The maximum atomic E-state index is 12.1. The molecule has 0 radical (unpaired) electrons. The first-order valence-electron chi connectivity index (χ1n) is 7.56. The first kappa shape index (κ1) is 15.6. The van der Waals surface area contributed by atoms with Crippen LogP contribution in [0.1, 0.15) is 18.1 Å². The topological polar surface area (TPSA) is 85.2 Å². The summed E-state index contributed by atoms with van der Waals surface area (Å²) in [4.78, 5) is 25.4. The maximum absolute atomic E-state index is 12.1. The van der Waals surface area contributed by atoms with Crippen LogP contribution in [0.25, 0.3) is 0 Å². The lowest BCUT2D eigenvalue weighted by Crippen LogP contribution is -2.26. The lowest BCUT2D eigenvalue weighted by atomic mass is 10.1. The number of hydrogen-bond donors (Lipinski definition) is 2. The van der Waals surface area contributed by atoms with E-state index in [-0.39, 0.29) is 11.9 Å². The first-order chi connectivity index (χ1) is 11.6. The summed E-state index contributed by atoms with van der Waals surface area (Å²) in [6, 6.07) is 13.8. The van der Waals surface area contributed by atoms with Crippen LogP contribution in [-0.4, -0.2) is 18.5 Å². The standard InChI is InChI=1S/C18H16N4O2/c1-12(23)22-9-8-14-4-7-16(10-17(14)22)21-18(24)20-15-5-2-13(11-19)3-6-15/h2-7,10H,8-9H2,1H3,(H2,20,21,24). The van der Waals surface area contributed by atoms with Gasteiger partial charge < -0.3 is 15.5 Å². The van der Waals surface area contributed by atoms with E-state index in [4.69, 9.17) is 5.26 Å². The molecule has 0 spiro atoms. The van der Waals surface area contributed by atoms with E-state index >= 15 is 0 Å². The van der Waals surface area contributed by atoms with Crippen molar-refractivity contribution in [3.8, 4) is 6.07 Å². The highest BCUT2D eigenvalue weighted by molar-refractivity contribution is 6.01. The molecule has 24 heavy (non-hydrogen) atoms. The molecule has 120 valence electrons. The highest BCUT2D eigenvalue weighted by atomic mass is 16.2. The van der Waals surface area contributed by atoms with Gasteiger partial charge in [0, 0.05) is 30.5 Å². The van der Waals surface area contributed by atoms with Crippen LogP contribution < -0.4 is 15.5 Å². The SMILES string of the molecule is CC(=O)N1CCc2ccc(NC(=O)Nc3ccc(C#N)cc3)cc21. The number of carbonyl (C=O) groups is 2. The summed E-state index contributed by atoms with van der Waals surface area (Å²) in [5.74, 6) is -0.00654. The van der Waals surface area contributed by atoms with Crippen LogP contribution in [0.5, 0.6) is 0 Å². The second-order valence-corrected chi connectivity index (χ2v) is 5.53. The lowest BCUT2D eigenvalue weighted by molar-refractivity contribution is -0.116. The van der Waals surface area contributed by atoms with Gasteiger partial charge >= 0.3 is 6.03 Å². The third-order valence-corrected chi connectivity index (χ3v) is 3.89. The van der Waals surface area contributed by atoms with E-state index in [2.05, 4.69) is 10.6 Å². The minimum absolute atomic E-state index is 0.00654. The van der Waals surface area contributed by atoms with Crippen LogP contribution in [0, 0.1) is 11.3 Å². The van der Waals surface area contributed by atoms with Crippen LogP contribution in [0.15, 0.2) is 42.5 Å². The van der Waals surface area contributed by atoms with E-state index in [0.717, 1.165) is 17.7 Å². The number of nitrogens with one attached hydrogen (secondary N) is 2. The third kappa shape index (κ3) is 3.20. The number of carbonyl (C=O) groups excluding carboxylic acids is 2. The zero-order valence-electron chi connectivity index (χ0n) is 13.2. The lowest BCUT2D eigenvalue weighted by Gasteiger charge is -2.16. The summed E-state index contributed by atoms with van der Waals surface area (Å²) in [6.07, 6.45) is 0.826. The second kappa shape index (κ2) is 6.42. The Morgan fingerprint density at radius 2 is 1.75 bits per heavy atom. The van der Waals surface area contributed by atoms with Gasteiger partial charge in [0.25, 0.3) is 0 Å². The van der Waals surface area contributed by atoms with Gasteiger partial charge in [-0.1, -0.05) is 6.07 Å². The molecule has 0 fully saturated rings. The van der Waals surface area contributed by atoms with Gasteiger partial charge in [0.15, 0.2) is 0 Å². The normalized spacial score (nSPS) is 12.2. The molecule has 0 atom stereocenters. The van der Waals surface area contributed by atoms with Crippen molar-refractivity contribution < 1.29 is 9.59 Å². The van der Waals surface area contributed by atoms with E-state index in [0.29, 0.717) is 23.5 Å². The number of nitrogens with zero attached hydrogens (tertiary/aromatic N) is 2. The number of benzene rings is 2. The molecule has 6 heteroatoms. The van der Waals surface area contributed by atoms with Gasteiger partial charge in [0.1, 0.15) is 0 Å². The molecule has 1 heterocycles. The molecule has 0 saturated carbocycles. The number of fused-ring (bicyclic) bond motifs is 1. The summed E-state index contributed by atoms with van der Waals surface area (Å²) >= 11 is 0. The van der Waals surface area contributed by atoms with Crippen LogP contribution in [0.3, 0.4) is 0 Å². The molecule has 1 aliphatic rings. The van der Waals surface area contributed by atoms with Gasteiger partial charge in [-0.2, -0.15) is 5.26 Å². The number of anilines is 3. The van der Waals surface area contributed by atoms with Gasteiger partial charge in [-0.3, -0.25) is 4.79 Å². The molecular formula is C18H16N4O2. The van der Waals surface area contributed by atoms with Crippen molar-refractivity contribution in [3.05, 3.63) is 53.6 Å². The maximum Gasteiger partial charge on any atom is 0.323 e. The average Bonchev–Trinajstić information content (AvgIpc) is 2.99. The second-order valence-electron chi connectivity index (χ2n) is 5.53. The quantitative estimate of drug-likeness (QED) is 0.891. The van der Waals surface area contributed by atoms with Gasteiger partial charge in [-0.15, -0.1) is 0 Å². The van der Waals surface area contributed by atoms with Crippen molar-refractivity contribution in [1.82, 2.24) is 0 Å². The molecular weight excluding hydrogens is 304 g/mol. The van der Waals surface area contributed by atoms with Crippen molar-refractivity contribution in [2.45, 2.75) is 13.3 Å². The van der Waals surface area contributed by atoms with E-state index in [1.807, 2.05) is 24.3 Å². The highest BCUT2D eigenvalue weighted by Crippen LogP contribution is 2.30. The Balaban J connectivity index is 1.70. The van der Waals surface area contributed by atoms with E-state index in [1.165, 1.54) is 6.92 Å². The summed E-state index contributed by atoms with van der Waals surface area (Å²) < 4.78 is 0. The number of nitriles is 1. The van der Waals surface area contributed by atoms with E-state index < -0.39 is 0 Å². The highest BCUT2D eigenvalue weighted by Gasteiger charge is 2.22. The Labute approximate surface area is 139 Å². The molecule has 6 nitrogen and oxygen atoms in total. The fourth-order valence-corrected chi connectivity index (χ4v) is 2.71. The zero-order valence-corrected chi connectivity index (χ0v) is 13.2. The van der Waals surface area contributed by atoms with Gasteiger partial charge in [-0.05, 0) is 48.4 Å². The number of hydrogen-bond acceptors (Lipinski definition) is 3. The van der Waals surface area contributed by atoms with Crippen LogP contribution in [-0.2, 0) is 11.2 Å². The van der Waals surface area contributed by atoms with Crippen molar-refractivity contribution in [1.29, 1.82) is 5.26 Å². The molecule has 2 aromatic carbocycles. The third-order valence-electron chi connectivity index (χ3n) is 3.89. The monoisotopic (exact) mass is 320 g/mol. The summed E-state index contributed by atoms with van der Waals surface area (Å²) in [5, 5.41) is 14.2. The summed E-state index contributed by atoms with van der Waals surface area (Å²) in [5.41, 5.74) is 3.69. The Bertz CT molecular complexity index is 837. The van der Waals surface area contributed by atoms with Crippen molar-refractivity contribution >= 4 is 29.0 Å². The Hall–Kier alpha value is -3.33. The average molecular weight is 320 g/mol. The molecule has 2 N–H and O–H groups in total. The Morgan fingerprint density at radius 3 is 2.42 bits per heavy atom. The Kier molecular flexibility index (Phi) is 4.17. The molecule has 3 rings (SSSR count). The fraction of sp³-hybridized carbons (Fsp3) is 0.167.